The SMILES string of the molecule is CS(=O)(=O)C1=NCCN1I. The summed E-state index contributed by atoms with van der Waals surface area (Å²) in [4.78, 5) is 3.84. The minimum Gasteiger partial charge on any atom is -0.288 e. The van der Waals surface area contributed by atoms with Gasteiger partial charge in [-0.1, -0.05) is 0 Å². The fourth-order valence-corrected chi connectivity index (χ4v) is 2.92. The molecule has 0 aliphatic carbocycles. The maximum absolute atomic E-state index is 10.9. The van der Waals surface area contributed by atoms with Gasteiger partial charge in [0.25, 0.3) is 0 Å². The molecule has 1 aliphatic heterocycles. The van der Waals surface area contributed by atoms with Gasteiger partial charge in [0.15, 0.2) is 0 Å². The van der Waals surface area contributed by atoms with E-state index in [2.05, 4.69) is 4.99 Å². The number of sulfone groups is 1. The van der Waals surface area contributed by atoms with E-state index in [-0.39, 0.29) is 5.17 Å². The molecule has 0 aromatic carbocycles. The van der Waals surface area contributed by atoms with Crippen LogP contribution in [0.25, 0.3) is 0 Å². The lowest BCUT2D eigenvalue weighted by Gasteiger charge is -2.07. The van der Waals surface area contributed by atoms with Crippen molar-refractivity contribution in [3.8, 4) is 0 Å². The Labute approximate surface area is 73.7 Å². The second-order valence-corrected chi connectivity index (χ2v) is 5.10. The van der Waals surface area contributed by atoms with E-state index in [0.29, 0.717) is 13.1 Å². The van der Waals surface area contributed by atoms with Crippen molar-refractivity contribution in [3.05, 3.63) is 0 Å². The van der Waals surface area contributed by atoms with Gasteiger partial charge in [-0.25, -0.2) is 8.42 Å². The summed E-state index contributed by atoms with van der Waals surface area (Å²) in [7, 11) is -3.08. The Bertz CT molecular complexity index is 258. The highest BCUT2D eigenvalue weighted by Crippen LogP contribution is 2.11. The molecule has 0 fully saturated rings. The maximum atomic E-state index is 10.9. The van der Waals surface area contributed by atoms with Crippen molar-refractivity contribution in [1.29, 1.82) is 0 Å². The first-order chi connectivity index (χ1) is 4.52. The monoisotopic (exact) mass is 274 g/mol. The van der Waals surface area contributed by atoms with Gasteiger partial charge in [0, 0.05) is 12.8 Å². The highest BCUT2D eigenvalue weighted by molar-refractivity contribution is 14.1. The van der Waals surface area contributed by atoms with Crippen molar-refractivity contribution in [2.45, 2.75) is 0 Å². The predicted molar refractivity (Wildman–Crippen MR) is 47.9 cm³/mol. The number of amidine groups is 1. The summed E-state index contributed by atoms with van der Waals surface area (Å²) in [6.45, 7) is 1.29. The van der Waals surface area contributed by atoms with Gasteiger partial charge in [-0.2, -0.15) is 0 Å². The summed E-state index contributed by atoms with van der Waals surface area (Å²) in [5.74, 6) is 0. The molecule has 0 saturated heterocycles. The van der Waals surface area contributed by atoms with Gasteiger partial charge >= 0.3 is 0 Å². The highest BCUT2D eigenvalue weighted by Gasteiger charge is 2.23. The van der Waals surface area contributed by atoms with Gasteiger partial charge in [0.1, 0.15) is 0 Å². The zero-order valence-corrected chi connectivity index (χ0v) is 8.39. The fraction of sp³-hybridized carbons (Fsp3) is 0.750. The van der Waals surface area contributed by atoms with Gasteiger partial charge in [-0.15, -0.1) is 0 Å². The lowest BCUT2D eigenvalue weighted by Crippen LogP contribution is -2.24. The standard InChI is InChI=1S/C4H7IN2O2S/c1-10(8,9)4-6-2-3-7(4)5/h2-3H2,1H3. The van der Waals surface area contributed by atoms with E-state index in [1.165, 1.54) is 6.26 Å². The first-order valence-electron chi connectivity index (χ1n) is 2.69. The van der Waals surface area contributed by atoms with Crippen LogP contribution in [0.5, 0.6) is 0 Å². The summed E-state index contributed by atoms with van der Waals surface area (Å²) in [6, 6.07) is 0. The quantitative estimate of drug-likeness (QED) is 0.463. The molecule has 6 heteroatoms. The van der Waals surface area contributed by atoms with Crippen molar-refractivity contribution in [2.24, 2.45) is 4.99 Å². The Morgan fingerprint density at radius 1 is 1.70 bits per heavy atom. The maximum Gasteiger partial charge on any atom is 0.227 e. The zero-order valence-electron chi connectivity index (χ0n) is 5.41. The molecule has 10 heavy (non-hydrogen) atoms. The van der Waals surface area contributed by atoms with Crippen molar-refractivity contribution in [1.82, 2.24) is 3.11 Å². The van der Waals surface area contributed by atoms with Gasteiger partial charge in [0.2, 0.25) is 15.0 Å². The normalized spacial score (nSPS) is 19.4. The molecule has 0 amide bonds. The molecule has 0 bridgehead atoms. The van der Waals surface area contributed by atoms with Crippen LogP contribution in [0.3, 0.4) is 0 Å². The van der Waals surface area contributed by atoms with Gasteiger partial charge in [-0.3, -0.25) is 8.11 Å². The smallest absolute Gasteiger partial charge is 0.227 e. The molecule has 0 aromatic rings. The van der Waals surface area contributed by atoms with Crippen LogP contribution in [0.1, 0.15) is 0 Å². The Morgan fingerprint density at radius 2 is 2.30 bits per heavy atom. The number of halogens is 1. The van der Waals surface area contributed by atoms with E-state index in [9.17, 15) is 8.42 Å². The molecule has 4 nitrogen and oxygen atoms in total. The first-order valence-corrected chi connectivity index (χ1v) is 5.55. The Hall–Kier alpha value is 0.150. The minimum atomic E-state index is -3.08. The minimum absolute atomic E-state index is 0.202. The molecule has 0 radical (unpaired) electrons. The third-order valence-electron chi connectivity index (χ3n) is 1.08. The van der Waals surface area contributed by atoms with Crippen molar-refractivity contribution < 1.29 is 8.42 Å². The average Bonchev–Trinajstić information content (AvgIpc) is 2.11. The summed E-state index contributed by atoms with van der Waals surface area (Å²) in [6.07, 6.45) is 1.17. The molecule has 1 rings (SSSR count). The second kappa shape index (κ2) is 2.65. The van der Waals surface area contributed by atoms with Crippen LogP contribution in [-0.4, -0.2) is 36.0 Å². The summed E-state index contributed by atoms with van der Waals surface area (Å²) >= 11 is 1.94. The van der Waals surface area contributed by atoms with Crippen LogP contribution in [0.15, 0.2) is 4.99 Å². The number of hydrogen-bond acceptors (Lipinski definition) is 4. The van der Waals surface area contributed by atoms with Crippen LogP contribution >= 0.6 is 22.9 Å². The van der Waals surface area contributed by atoms with E-state index in [4.69, 9.17) is 0 Å². The lowest BCUT2D eigenvalue weighted by molar-refractivity contribution is 0.609. The summed E-state index contributed by atoms with van der Waals surface area (Å²) in [5.41, 5.74) is 0. The van der Waals surface area contributed by atoms with Crippen molar-refractivity contribution in [3.63, 3.8) is 0 Å². The lowest BCUT2D eigenvalue weighted by atomic mass is 10.7. The van der Waals surface area contributed by atoms with Crippen LogP contribution in [0, 0.1) is 0 Å². The third kappa shape index (κ3) is 1.60. The van der Waals surface area contributed by atoms with E-state index in [0.717, 1.165) is 0 Å². The number of rotatable bonds is 0. The van der Waals surface area contributed by atoms with Crippen LogP contribution in [-0.2, 0) is 9.84 Å². The summed E-state index contributed by atoms with van der Waals surface area (Å²) < 4.78 is 23.4. The molecule has 0 aromatic heterocycles. The molecule has 1 aliphatic rings. The average molecular weight is 274 g/mol. The third-order valence-corrected chi connectivity index (χ3v) is 3.36. The predicted octanol–water partition coefficient (Wildman–Crippen LogP) is 0.0526. The highest BCUT2D eigenvalue weighted by atomic mass is 127. The molecule has 0 spiro atoms. The topological polar surface area (TPSA) is 49.7 Å². The number of aliphatic imine (C=N–C) groups is 1. The molecular formula is C4H7IN2O2S. The Kier molecular flexibility index (Phi) is 2.18. The number of hydrogen-bond donors (Lipinski definition) is 0. The Balaban J connectivity index is 2.94. The van der Waals surface area contributed by atoms with Crippen LogP contribution < -0.4 is 0 Å². The molecule has 0 unspecified atom stereocenters. The van der Waals surface area contributed by atoms with E-state index < -0.39 is 9.84 Å². The number of nitrogens with zero attached hydrogens (tertiary/aromatic N) is 2. The fourth-order valence-electron chi connectivity index (χ4n) is 0.703. The van der Waals surface area contributed by atoms with E-state index in [1.54, 1.807) is 3.11 Å². The van der Waals surface area contributed by atoms with E-state index >= 15 is 0 Å². The molecule has 58 valence electrons. The van der Waals surface area contributed by atoms with Gasteiger partial charge in [0.05, 0.1) is 29.4 Å². The van der Waals surface area contributed by atoms with Gasteiger partial charge < -0.3 is 0 Å². The van der Waals surface area contributed by atoms with Crippen LogP contribution in [0.2, 0.25) is 0 Å². The largest absolute Gasteiger partial charge is 0.288 e. The van der Waals surface area contributed by atoms with E-state index in [1.807, 2.05) is 22.9 Å². The van der Waals surface area contributed by atoms with Crippen molar-refractivity contribution in [2.75, 3.05) is 19.3 Å². The van der Waals surface area contributed by atoms with Gasteiger partial charge in [-0.05, 0) is 0 Å². The molecular weight excluding hydrogens is 267 g/mol. The molecule has 0 N–H and O–H groups in total. The Morgan fingerprint density at radius 3 is 2.50 bits per heavy atom. The molecule has 1 heterocycles. The first kappa shape index (κ1) is 8.25. The second-order valence-electron chi connectivity index (χ2n) is 2.02. The zero-order chi connectivity index (χ0) is 7.78. The molecule has 0 saturated carbocycles. The molecule has 0 atom stereocenters. The summed E-state index contributed by atoms with van der Waals surface area (Å²) in [5, 5.41) is 0.202. The van der Waals surface area contributed by atoms with Crippen LogP contribution in [0.4, 0.5) is 0 Å². The van der Waals surface area contributed by atoms with Crippen molar-refractivity contribution >= 4 is 37.9 Å².